The number of benzene rings is 2. The average molecular weight is 348 g/mol. The lowest BCUT2D eigenvalue weighted by Gasteiger charge is -2.45. The number of nitro benzene ring substituents is 1. The highest BCUT2D eigenvalue weighted by Crippen LogP contribution is 2.38. The zero-order valence-corrected chi connectivity index (χ0v) is 15.1. The maximum absolute atomic E-state index is 11.3. The summed E-state index contributed by atoms with van der Waals surface area (Å²) in [6, 6.07) is 17.3. The van der Waals surface area contributed by atoms with Crippen LogP contribution in [0.25, 0.3) is 5.57 Å². The smallest absolute Gasteiger partial charge is 0.272 e. The molecule has 2 aromatic carbocycles. The largest absolute Gasteiger partial charge is 0.289 e. The topological polar surface area (TPSA) is 46.4 Å². The maximum Gasteiger partial charge on any atom is 0.272 e. The molecule has 0 radical (unpaired) electrons. The minimum absolute atomic E-state index is 0.222. The van der Waals surface area contributed by atoms with Gasteiger partial charge >= 0.3 is 0 Å². The lowest BCUT2D eigenvalue weighted by molar-refractivity contribution is -0.385. The Morgan fingerprint density at radius 3 is 2.69 bits per heavy atom. The van der Waals surface area contributed by atoms with E-state index in [1.54, 1.807) is 13.0 Å². The third-order valence-corrected chi connectivity index (χ3v) is 5.77. The summed E-state index contributed by atoms with van der Waals surface area (Å²) >= 11 is 0. The summed E-state index contributed by atoms with van der Waals surface area (Å²) in [5.41, 5.74) is 4.58. The van der Waals surface area contributed by atoms with E-state index in [4.69, 9.17) is 0 Å². The number of nitrogens with zero attached hydrogens (tertiary/aromatic N) is 2. The fraction of sp³-hybridized carbons (Fsp3) is 0.364. The maximum atomic E-state index is 11.3. The van der Waals surface area contributed by atoms with Crippen LogP contribution in [0.3, 0.4) is 0 Å². The molecule has 2 unspecified atom stereocenters. The number of fused-ring (bicyclic) bond motifs is 2. The summed E-state index contributed by atoms with van der Waals surface area (Å²) in [7, 11) is 0. The van der Waals surface area contributed by atoms with Crippen molar-refractivity contribution in [1.82, 2.24) is 4.90 Å². The Hall–Kier alpha value is -2.46. The van der Waals surface area contributed by atoms with Crippen LogP contribution in [0.2, 0.25) is 0 Å². The lowest BCUT2D eigenvalue weighted by Crippen LogP contribution is -2.47. The molecule has 134 valence electrons. The summed E-state index contributed by atoms with van der Waals surface area (Å²) in [4.78, 5) is 13.6. The molecular weight excluding hydrogens is 324 g/mol. The first-order valence-electron chi connectivity index (χ1n) is 9.37. The predicted octanol–water partition coefficient (Wildman–Crippen LogP) is 5.11. The van der Waals surface area contributed by atoms with Crippen LogP contribution in [-0.2, 0) is 6.54 Å². The second-order valence-electron chi connectivity index (χ2n) is 7.46. The molecule has 1 fully saturated rings. The van der Waals surface area contributed by atoms with Gasteiger partial charge in [-0.25, -0.2) is 0 Å². The third-order valence-electron chi connectivity index (χ3n) is 5.77. The van der Waals surface area contributed by atoms with Crippen LogP contribution in [0.4, 0.5) is 5.69 Å². The second kappa shape index (κ2) is 7.04. The van der Waals surface area contributed by atoms with E-state index in [1.807, 2.05) is 12.1 Å². The molecule has 0 saturated carbocycles. The Morgan fingerprint density at radius 1 is 1.15 bits per heavy atom. The van der Waals surface area contributed by atoms with Crippen LogP contribution >= 0.6 is 0 Å². The number of hydrogen-bond acceptors (Lipinski definition) is 3. The first-order valence-corrected chi connectivity index (χ1v) is 9.37. The fourth-order valence-corrected chi connectivity index (χ4v) is 4.38. The van der Waals surface area contributed by atoms with Crippen molar-refractivity contribution in [3.05, 3.63) is 81.4 Å². The van der Waals surface area contributed by atoms with Crippen LogP contribution in [0.1, 0.15) is 42.4 Å². The molecule has 0 aromatic heterocycles. The number of hydrogen-bond donors (Lipinski definition) is 0. The number of piperidine rings is 1. The van der Waals surface area contributed by atoms with Gasteiger partial charge in [0.05, 0.1) is 4.92 Å². The first kappa shape index (κ1) is 17.0. The van der Waals surface area contributed by atoms with Gasteiger partial charge in [0.1, 0.15) is 0 Å². The normalized spacial score (nSPS) is 22.7. The van der Waals surface area contributed by atoms with Crippen molar-refractivity contribution in [2.45, 2.75) is 51.2 Å². The summed E-state index contributed by atoms with van der Waals surface area (Å²) in [5, 5.41) is 11.3. The first-order chi connectivity index (χ1) is 12.6. The van der Waals surface area contributed by atoms with E-state index < -0.39 is 0 Å². The van der Waals surface area contributed by atoms with Crippen LogP contribution < -0.4 is 0 Å². The van der Waals surface area contributed by atoms with Crippen molar-refractivity contribution in [2.75, 3.05) is 0 Å². The molecule has 0 spiro atoms. The number of aryl methyl sites for hydroxylation is 1. The van der Waals surface area contributed by atoms with Crippen LogP contribution in [0, 0.1) is 17.0 Å². The van der Waals surface area contributed by atoms with Crippen molar-refractivity contribution in [1.29, 1.82) is 0 Å². The average Bonchev–Trinajstić information content (AvgIpc) is 2.62. The molecule has 26 heavy (non-hydrogen) atoms. The summed E-state index contributed by atoms with van der Waals surface area (Å²) in [6.07, 6.45) is 6.96. The molecule has 2 bridgehead atoms. The van der Waals surface area contributed by atoms with Gasteiger partial charge in [0.15, 0.2) is 0 Å². The number of rotatable bonds is 4. The van der Waals surface area contributed by atoms with Crippen molar-refractivity contribution in [3.8, 4) is 0 Å². The van der Waals surface area contributed by atoms with Gasteiger partial charge in [-0.1, -0.05) is 55.0 Å². The Balaban J connectivity index is 1.62. The molecule has 4 heteroatoms. The Labute approximate surface area is 154 Å². The molecule has 0 N–H and O–H groups in total. The van der Waals surface area contributed by atoms with Crippen molar-refractivity contribution >= 4 is 11.3 Å². The molecule has 4 rings (SSSR count). The fourth-order valence-electron chi connectivity index (χ4n) is 4.38. The highest BCUT2D eigenvalue weighted by atomic mass is 16.6. The molecule has 0 aliphatic carbocycles. The van der Waals surface area contributed by atoms with Crippen LogP contribution in [-0.4, -0.2) is 21.9 Å². The van der Waals surface area contributed by atoms with Crippen molar-refractivity contribution in [3.63, 3.8) is 0 Å². The number of nitro groups is 1. The monoisotopic (exact) mass is 348 g/mol. The van der Waals surface area contributed by atoms with E-state index in [0.717, 1.165) is 24.1 Å². The van der Waals surface area contributed by atoms with Gasteiger partial charge in [0, 0.05) is 30.3 Å². The van der Waals surface area contributed by atoms with Gasteiger partial charge < -0.3 is 0 Å². The zero-order chi connectivity index (χ0) is 18.1. The van der Waals surface area contributed by atoms with E-state index in [1.165, 1.54) is 30.4 Å². The minimum atomic E-state index is -0.273. The Kier molecular flexibility index (Phi) is 4.60. The second-order valence-corrected chi connectivity index (χ2v) is 7.46. The van der Waals surface area contributed by atoms with E-state index in [-0.39, 0.29) is 10.6 Å². The van der Waals surface area contributed by atoms with Gasteiger partial charge in [-0.15, -0.1) is 0 Å². The van der Waals surface area contributed by atoms with E-state index in [0.29, 0.717) is 12.1 Å². The SMILES string of the molecule is Cc1ccc(C2=CC3CCCC(C2)N3Cc2ccccc2)cc1[N+](=O)[O-]. The van der Waals surface area contributed by atoms with Gasteiger partial charge in [0.25, 0.3) is 5.69 Å². The Bertz CT molecular complexity index is 844. The van der Waals surface area contributed by atoms with Gasteiger partial charge in [-0.05, 0) is 42.9 Å². The van der Waals surface area contributed by atoms with Crippen LogP contribution in [0.5, 0.6) is 0 Å². The summed E-state index contributed by atoms with van der Waals surface area (Å²) in [5.74, 6) is 0. The summed E-state index contributed by atoms with van der Waals surface area (Å²) in [6.45, 7) is 2.78. The highest BCUT2D eigenvalue weighted by Gasteiger charge is 2.34. The Morgan fingerprint density at radius 2 is 1.96 bits per heavy atom. The van der Waals surface area contributed by atoms with Gasteiger partial charge in [-0.3, -0.25) is 15.0 Å². The van der Waals surface area contributed by atoms with Crippen molar-refractivity contribution in [2.24, 2.45) is 0 Å². The molecule has 2 atom stereocenters. The summed E-state index contributed by atoms with van der Waals surface area (Å²) < 4.78 is 0. The quantitative estimate of drug-likeness (QED) is 0.569. The van der Waals surface area contributed by atoms with Gasteiger partial charge in [-0.2, -0.15) is 0 Å². The standard InChI is InChI=1S/C22H24N2O2/c1-16-10-11-18(14-22(16)24(25)26)19-12-20-8-5-9-21(13-19)23(20)15-17-6-3-2-4-7-17/h2-4,6-7,10-12,14,20-21H,5,8-9,13,15H2,1H3. The van der Waals surface area contributed by atoms with E-state index in [9.17, 15) is 10.1 Å². The lowest BCUT2D eigenvalue weighted by atomic mass is 9.82. The van der Waals surface area contributed by atoms with Gasteiger partial charge in [0.2, 0.25) is 0 Å². The van der Waals surface area contributed by atoms with Crippen molar-refractivity contribution < 1.29 is 4.92 Å². The molecule has 2 heterocycles. The molecule has 4 nitrogen and oxygen atoms in total. The predicted molar refractivity (Wildman–Crippen MR) is 104 cm³/mol. The molecule has 2 aliphatic heterocycles. The molecule has 2 aliphatic rings. The third kappa shape index (κ3) is 3.29. The van der Waals surface area contributed by atoms with E-state index >= 15 is 0 Å². The zero-order valence-electron chi connectivity index (χ0n) is 15.1. The molecule has 0 amide bonds. The highest BCUT2D eigenvalue weighted by molar-refractivity contribution is 5.70. The van der Waals surface area contributed by atoms with E-state index in [2.05, 4.69) is 41.3 Å². The molecular formula is C22H24N2O2. The molecule has 1 saturated heterocycles. The molecule has 2 aromatic rings. The minimum Gasteiger partial charge on any atom is -0.289 e. The van der Waals surface area contributed by atoms with Crippen LogP contribution in [0.15, 0.2) is 54.6 Å².